The molecule has 2 aromatic rings. The summed E-state index contributed by atoms with van der Waals surface area (Å²) in [7, 11) is 0. The molecule has 0 unspecified atom stereocenters. The van der Waals surface area contributed by atoms with E-state index < -0.39 is 0 Å². The van der Waals surface area contributed by atoms with E-state index in [0.717, 1.165) is 22.2 Å². The molecule has 2 N–H and O–H groups in total. The maximum Gasteiger partial charge on any atom is 0.138 e. The minimum absolute atomic E-state index is 0.815. The van der Waals surface area contributed by atoms with Crippen LogP contribution in [0, 0.1) is 6.92 Å². The van der Waals surface area contributed by atoms with Gasteiger partial charge in [-0.3, -0.25) is 0 Å². The van der Waals surface area contributed by atoms with E-state index in [9.17, 15) is 0 Å². The molecule has 0 saturated carbocycles. The van der Waals surface area contributed by atoms with E-state index >= 15 is 0 Å². The van der Waals surface area contributed by atoms with Gasteiger partial charge in [-0.05, 0) is 18.6 Å². The summed E-state index contributed by atoms with van der Waals surface area (Å²) in [6.07, 6.45) is 4.91. The van der Waals surface area contributed by atoms with Crippen molar-refractivity contribution in [1.29, 1.82) is 0 Å². The summed E-state index contributed by atoms with van der Waals surface area (Å²) in [5.41, 5.74) is 2.78. The molecule has 0 saturated heterocycles. The second-order valence-electron chi connectivity index (χ2n) is 2.84. The molecule has 13 heavy (non-hydrogen) atoms. The molecule has 0 fully saturated rings. The zero-order chi connectivity index (χ0) is 9.26. The summed E-state index contributed by atoms with van der Waals surface area (Å²) in [6.45, 7) is 1.99. The van der Waals surface area contributed by atoms with Gasteiger partial charge in [0.1, 0.15) is 5.65 Å². The third-order valence-electron chi connectivity index (χ3n) is 2.01. The number of aromatic nitrogens is 2. The van der Waals surface area contributed by atoms with Crippen LogP contribution in [0.4, 0.5) is 0 Å². The van der Waals surface area contributed by atoms with Gasteiger partial charge in [0.05, 0.1) is 6.21 Å². The van der Waals surface area contributed by atoms with E-state index in [1.807, 2.05) is 13.0 Å². The van der Waals surface area contributed by atoms with Crippen molar-refractivity contribution in [2.45, 2.75) is 6.92 Å². The summed E-state index contributed by atoms with van der Waals surface area (Å²) in [5, 5.41) is 12.4. The number of fused-ring (bicyclic) bond motifs is 1. The number of oxime groups is 1. The summed E-state index contributed by atoms with van der Waals surface area (Å²) >= 11 is 0. The normalized spacial score (nSPS) is 11.5. The van der Waals surface area contributed by atoms with Crippen LogP contribution in [-0.2, 0) is 0 Å². The van der Waals surface area contributed by atoms with Gasteiger partial charge in [0.25, 0.3) is 0 Å². The average molecular weight is 175 g/mol. The van der Waals surface area contributed by atoms with Gasteiger partial charge in [0.2, 0.25) is 0 Å². The van der Waals surface area contributed by atoms with Gasteiger partial charge in [-0.25, -0.2) is 4.98 Å². The summed E-state index contributed by atoms with van der Waals surface area (Å²) in [6, 6.07) is 1.92. The maximum absolute atomic E-state index is 8.42. The topological polar surface area (TPSA) is 61.3 Å². The molecule has 2 rings (SSSR count). The van der Waals surface area contributed by atoms with Crippen molar-refractivity contribution < 1.29 is 5.21 Å². The Morgan fingerprint density at radius 3 is 3.23 bits per heavy atom. The van der Waals surface area contributed by atoms with E-state index in [1.54, 1.807) is 12.4 Å². The number of nitrogens with one attached hydrogen (secondary N) is 1. The van der Waals surface area contributed by atoms with Crippen molar-refractivity contribution in [3.8, 4) is 0 Å². The molecule has 0 aliphatic carbocycles. The number of rotatable bonds is 1. The van der Waals surface area contributed by atoms with Crippen molar-refractivity contribution >= 4 is 17.2 Å². The quantitative estimate of drug-likeness (QED) is 0.393. The Balaban J connectivity index is 2.78. The number of nitrogens with zero attached hydrogens (tertiary/aromatic N) is 2. The van der Waals surface area contributed by atoms with Crippen LogP contribution in [-0.4, -0.2) is 21.4 Å². The predicted molar refractivity (Wildman–Crippen MR) is 50.2 cm³/mol. The number of pyridine rings is 1. The monoisotopic (exact) mass is 175 g/mol. The fourth-order valence-electron chi connectivity index (χ4n) is 1.41. The van der Waals surface area contributed by atoms with Crippen LogP contribution in [0.1, 0.15) is 11.1 Å². The first-order valence-corrected chi connectivity index (χ1v) is 3.93. The number of aryl methyl sites for hydroxylation is 1. The van der Waals surface area contributed by atoms with Crippen molar-refractivity contribution in [1.82, 2.24) is 9.97 Å². The lowest BCUT2D eigenvalue weighted by atomic mass is 10.1. The van der Waals surface area contributed by atoms with Gasteiger partial charge in [-0.2, -0.15) is 0 Å². The smallest absolute Gasteiger partial charge is 0.138 e. The molecule has 0 aliphatic heterocycles. The molecular weight excluding hydrogens is 166 g/mol. The molecule has 0 bridgehead atoms. The second-order valence-corrected chi connectivity index (χ2v) is 2.84. The van der Waals surface area contributed by atoms with Crippen LogP contribution in [0.25, 0.3) is 11.0 Å². The van der Waals surface area contributed by atoms with Crippen molar-refractivity contribution in [3.05, 3.63) is 29.6 Å². The number of aromatic amines is 1. The SMILES string of the molecule is Cc1ccnc2[nH]cc(/C=N/O)c12. The minimum atomic E-state index is 0.815. The van der Waals surface area contributed by atoms with E-state index in [0.29, 0.717) is 0 Å². The number of H-pyrrole nitrogens is 1. The molecule has 0 radical (unpaired) electrons. The lowest BCUT2D eigenvalue weighted by Gasteiger charge is -1.94. The van der Waals surface area contributed by atoms with Crippen LogP contribution < -0.4 is 0 Å². The van der Waals surface area contributed by atoms with Crippen molar-refractivity contribution in [2.24, 2.45) is 5.16 Å². The van der Waals surface area contributed by atoms with E-state index in [4.69, 9.17) is 5.21 Å². The minimum Gasteiger partial charge on any atom is -0.411 e. The van der Waals surface area contributed by atoms with Gasteiger partial charge in [0.15, 0.2) is 0 Å². The molecule has 0 aliphatic rings. The molecule has 0 atom stereocenters. The zero-order valence-electron chi connectivity index (χ0n) is 7.15. The predicted octanol–water partition coefficient (Wildman–Crippen LogP) is 1.68. The number of hydrogen-bond acceptors (Lipinski definition) is 3. The molecule has 4 heteroatoms. The third-order valence-corrected chi connectivity index (χ3v) is 2.01. The first-order chi connectivity index (χ1) is 6.33. The Morgan fingerprint density at radius 1 is 1.62 bits per heavy atom. The first-order valence-electron chi connectivity index (χ1n) is 3.93. The Labute approximate surface area is 74.9 Å². The van der Waals surface area contributed by atoms with Crippen LogP contribution in [0.15, 0.2) is 23.6 Å². The Morgan fingerprint density at radius 2 is 2.46 bits per heavy atom. The maximum atomic E-state index is 8.42. The Kier molecular flexibility index (Phi) is 1.73. The zero-order valence-corrected chi connectivity index (χ0v) is 7.15. The van der Waals surface area contributed by atoms with Crippen LogP contribution >= 0.6 is 0 Å². The highest BCUT2D eigenvalue weighted by Gasteiger charge is 2.04. The molecule has 2 heterocycles. The lowest BCUT2D eigenvalue weighted by molar-refractivity contribution is 0.322. The highest BCUT2D eigenvalue weighted by atomic mass is 16.4. The van der Waals surface area contributed by atoms with E-state index in [1.165, 1.54) is 6.21 Å². The Hall–Kier alpha value is -1.84. The Bertz CT molecular complexity index is 459. The lowest BCUT2D eigenvalue weighted by Crippen LogP contribution is -1.82. The van der Waals surface area contributed by atoms with Gasteiger partial charge < -0.3 is 10.2 Å². The van der Waals surface area contributed by atoms with Gasteiger partial charge in [-0.1, -0.05) is 5.16 Å². The average Bonchev–Trinajstić information content (AvgIpc) is 2.51. The molecule has 0 amide bonds. The van der Waals surface area contributed by atoms with Gasteiger partial charge >= 0.3 is 0 Å². The molecular formula is C9H9N3O. The molecule has 66 valence electrons. The van der Waals surface area contributed by atoms with Crippen LogP contribution in [0.3, 0.4) is 0 Å². The fourth-order valence-corrected chi connectivity index (χ4v) is 1.41. The highest BCUT2D eigenvalue weighted by molar-refractivity contribution is 5.99. The standard InChI is InChI=1S/C9H9N3O/c1-6-2-3-10-9-8(6)7(4-11-9)5-12-13/h2-5,13H,1H3,(H,10,11)/b12-5+. The fraction of sp³-hybridized carbons (Fsp3) is 0.111. The highest BCUT2D eigenvalue weighted by Crippen LogP contribution is 2.18. The largest absolute Gasteiger partial charge is 0.411 e. The summed E-state index contributed by atoms with van der Waals surface area (Å²) in [5.74, 6) is 0. The first kappa shape index (κ1) is 7.79. The van der Waals surface area contributed by atoms with Crippen LogP contribution in [0.5, 0.6) is 0 Å². The van der Waals surface area contributed by atoms with Gasteiger partial charge in [-0.15, -0.1) is 0 Å². The van der Waals surface area contributed by atoms with E-state index in [-0.39, 0.29) is 0 Å². The molecule has 0 aromatic carbocycles. The van der Waals surface area contributed by atoms with Crippen molar-refractivity contribution in [3.63, 3.8) is 0 Å². The van der Waals surface area contributed by atoms with Gasteiger partial charge in [0, 0.05) is 23.3 Å². The molecule has 0 spiro atoms. The third kappa shape index (κ3) is 1.16. The van der Waals surface area contributed by atoms with E-state index in [2.05, 4.69) is 15.1 Å². The van der Waals surface area contributed by atoms with Crippen LogP contribution in [0.2, 0.25) is 0 Å². The molecule has 2 aromatic heterocycles. The van der Waals surface area contributed by atoms with Crippen molar-refractivity contribution in [2.75, 3.05) is 0 Å². The number of hydrogen-bond donors (Lipinski definition) is 2. The molecule has 4 nitrogen and oxygen atoms in total. The summed E-state index contributed by atoms with van der Waals surface area (Å²) in [4.78, 5) is 7.15. The second kappa shape index (κ2) is 2.90. The summed E-state index contributed by atoms with van der Waals surface area (Å²) < 4.78 is 0.